The van der Waals surface area contributed by atoms with Gasteiger partial charge in [0.15, 0.2) is 0 Å². The summed E-state index contributed by atoms with van der Waals surface area (Å²) in [6.07, 6.45) is 3.63. The molecule has 0 aliphatic rings. The van der Waals surface area contributed by atoms with Gasteiger partial charge in [-0.1, -0.05) is 30.3 Å². The molecule has 0 bridgehead atoms. The van der Waals surface area contributed by atoms with Gasteiger partial charge in [-0.2, -0.15) is 0 Å². The number of unbranched alkanes of at least 4 members (excludes halogenated alkanes) is 1. The highest BCUT2D eigenvalue weighted by Crippen LogP contribution is 2.06. The number of nitrogens with one attached hydrogen (secondary N) is 1. The molecule has 0 aliphatic heterocycles. The van der Waals surface area contributed by atoms with Gasteiger partial charge in [0.1, 0.15) is 0 Å². The second kappa shape index (κ2) is 7.46. The van der Waals surface area contributed by atoms with Gasteiger partial charge in [0.25, 0.3) is 0 Å². The third kappa shape index (κ3) is 6.44. The van der Waals surface area contributed by atoms with Gasteiger partial charge in [-0.05, 0) is 45.2 Å². The summed E-state index contributed by atoms with van der Waals surface area (Å²) in [6.45, 7) is 6.18. The van der Waals surface area contributed by atoms with Crippen molar-refractivity contribution in [2.45, 2.75) is 38.7 Å². The molecule has 96 valence electrons. The third-order valence-electron chi connectivity index (χ3n) is 3.02. The van der Waals surface area contributed by atoms with E-state index in [0.29, 0.717) is 0 Å². The van der Waals surface area contributed by atoms with E-state index in [1.807, 2.05) is 0 Å². The zero-order valence-electron chi connectivity index (χ0n) is 11.3. The molecule has 0 heterocycles. The largest absolute Gasteiger partial charge is 0.377 e. The van der Waals surface area contributed by atoms with Crippen molar-refractivity contribution in [2.75, 3.05) is 20.2 Å². The van der Waals surface area contributed by atoms with Gasteiger partial charge in [0, 0.05) is 13.7 Å². The van der Waals surface area contributed by atoms with Crippen molar-refractivity contribution in [3.05, 3.63) is 35.9 Å². The van der Waals surface area contributed by atoms with Crippen LogP contribution in [-0.2, 0) is 11.2 Å². The van der Waals surface area contributed by atoms with Crippen molar-refractivity contribution < 1.29 is 4.74 Å². The quantitative estimate of drug-likeness (QED) is 0.699. The molecule has 1 aromatic rings. The first-order valence-corrected chi connectivity index (χ1v) is 6.44. The molecule has 0 aliphatic carbocycles. The fourth-order valence-electron chi connectivity index (χ4n) is 1.69. The number of hydrogen-bond donors (Lipinski definition) is 1. The SMILES string of the molecule is COC(C)(C)CNCCCCc1ccccc1. The maximum Gasteiger partial charge on any atom is 0.0746 e. The molecule has 0 saturated heterocycles. The Labute approximate surface area is 105 Å². The van der Waals surface area contributed by atoms with Crippen LogP contribution in [0.25, 0.3) is 0 Å². The van der Waals surface area contributed by atoms with E-state index in [2.05, 4.69) is 49.5 Å². The number of methoxy groups -OCH3 is 1. The number of ether oxygens (including phenoxy) is 1. The van der Waals surface area contributed by atoms with Gasteiger partial charge in [0.2, 0.25) is 0 Å². The summed E-state index contributed by atoms with van der Waals surface area (Å²) in [5, 5.41) is 3.44. The van der Waals surface area contributed by atoms with Gasteiger partial charge in [-0.15, -0.1) is 0 Å². The third-order valence-corrected chi connectivity index (χ3v) is 3.02. The predicted molar refractivity (Wildman–Crippen MR) is 73.3 cm³/mol. The number of rotatable bonds is 8. The lowest BCUT2D eigenvalue weighted by Crippen LogP contribution is -2.37. The van der Waals surface area contributed by atoms with E-state index >= 15 is 0 Å². The maximum absolute atomic E-state index is 5.35. The molecule has 0 atom stereocenters. The van der Waals surface area contributed by atoms with Gasteiger partial charge in [-0.3, -0.25) is 0 Å². The number of aryl methyl sites for hydroxylation is 1. The van der Waals surface area contributed by atoms with E-state index < -0.39 is 0 Å². The van der Waals surface area contributed by atoms with E-state index in [4.69, 9.17) is 4.74 Å². The van der Waals surface area contributed by atoms with Crippen LogP contribution in [0.15, 0.2) is 30.3 Å². The summed E-state index contributed by atoms with van der Waals surface area (Å²) in [6, 6.07) is 10.7. The molecule has 17 heavy (non-hydrogen) atoms. The monoisotopic (exact) mass is 235 g/mol. The second-order valence-corrected chi connectivity index (χ2v) is 5.08. The molecule has 2 heteroatoms. The molecular formula is C15H25NO. The molecule has 0 amide bonds. The zero-order valence-corrected chi connectivity index (χ0v) is 11.3. The summed E-state index contributed by atoms with van der Waals surface area (Å²) in [5.41, 5.74) is 1.38. The Morgan fingerprint density at radius 1 is 1.12 bits per heavy atom. The summed E-state index contributed by atoms with van der Waals surface area (Å²) >= 11 is 0. The van der Waals surface area contributed by atoms with Crippen LogP contribution in [0.2, 0.25) is 0 Å². The number of benzene rings is 1. The van der Waals surface area contributed by atoms with Crippen LogP contribution in [0.1, 0.15) is 32.3 Å². The average molecular weight is 235 g/mol. The van der Waals surface area contributed by atoms with E-state index in [-0.39, 0.29) is 5.60 Å². The van der Waals surface area contributed by atoms with Crippen LogP contribution in [-0.4, -0.2) is 25.8 Å². The summed E-state index contributed by atoms with van der Waals surface area (Å²) < 4.78 is 5.35. The van der Waals surface area contributed by atoms with E-state index in [9.17, 15) is 0 Å². The first kappa shape index (κ1) is 14.2. The second-order valence-electron chi connectivity index (χ2n) is 5.08. The minimum Gasteiger partial charge on any atom is -0.377 e. The van der Waals surface area contributed by atoms with E-state index in [1.165, 1.54) is 24.8 Å². The van der Waals surface area contributed by atoms with Crippen molar-refractivity contribution in [3.8, 4) is 0 Å². The van der Waals surface area contributed by atoms with Crippen molar-refractivity contribution in [2.24, 2.45) is 0 Å². The molecular weight excluding hydrogens is 210 g/mol. The van der Waals surface area contributed by atoms with Crippen LogP contribution >= 0.6 is 0 Å². The Hall–Kier alpha value is -0.860. The van der Waals surface area contributed by atoms with Crippen molar-refractivity contribution in [3.63, 3.8) is 0 Å². The van der Waals surface area contributed by atoms with Crippen LogP contribution in [0, 0.1) is 0 Å². The lowest BCUT2D eigenvalue weighted by molar-refractivity contribution is 0.0234. The van der Waals surface area contributed by atoms with Crippen molar-refractivity contribution in [1.82, 2.24) is 5.32 Å². The minimum absolute atomic E-state index is 0.0561. The topological polar surface area (TPSA) is 21.3 Å². The first-order valence-electron chi connectivity index (χ1n) is 6.44. The highest BCUT2D eigenvalue weighted by atomic mass is 16.5. The molecule has 1 N–H and O–H groups in total. The van der Waals surface area contributed by atoms with Crippen LogP contribution < -0.4 is 5.32 Å². The predicted octanol–water partition coefficient (Wildman–Crippen LogP) is 3.02. The summed E-state index contributed by atoms with van der Waals surface area (Å²) in [5.74, 6) is 0. The van der Waals surface area contributed by atoms with Gasteiger partial charge in [-0.25, -0.2) is 0 Å². The smallest absolute Gasteiger partial charge is 0.0746 e. The molecule has 2 nitrogen and oxygen atoms in total. The lowest BCUT2D eigenvalue weighted by Gasteiger charge is -2.23. The highest BCUT2D eigenvalue weighted by Gasteiger charge is 2.14. The van der Waals surface area contributed by atoms with Gasteiger partial charge in [0.05, 0.1) is 5.60 Å². The average Bonchev–Trinajstić information content (AvgIpc) is 2.35. The van der Waals surface area contributed by atoms with Crippen molar-refractivity contribution >= 4 is 0 Å². The van der Waals surface area contributed by atoms with Crippen molar-refractivity contribution in [1.29, 1.82) is 0 Å². The Morgan fingerprint density at radius 2 is 1.82 bits per heavy atom. The molecule has 0 radical (unpaired) electrons. The Balaban J connectivity index is 2.02. The van der Waals surface area contributed by atoms with Gasteiger partial charge < -0.3 is 10.1 Å². The Bertz CT molecular complexity index is 295. The molecule has 0 saturated carbocycles. The lowest BCUT2D eigenvalue weighted by atomic mass is 10.1. The van der Waals surface area contributed by atoms with Crippen LogP contribution in [0.3, 0.4) is 0 Å². The zero-order chi connectivity index (χ0) is 12.6. The standard InChI is InChI=1S/C15H25NO/c1-15(2,17-3)13-16-12-8-7-11-14-9-5-4-6-10-14/h4-6,9-10,16H,7-8,11-13H2,1-3H3. The van der Waals surface area contributed by atoms with E-state index in [1.54, 1.807) is 7.11 Å². The van der Waals surface area contributed by atoms with Crippen LogP contribution in [0.4, 0.5) is 0 Å². The molecule has 1 rings (SSSR count). The van der Waals surface area contributed by atoms with Crippen LogP contribution in [0.5, 0.6) is 0 Å². The molecule has 0 spiro atoms. The van der Waals surface area contributed by atoms with Gasteiger partial charge >= 0.3 is 0 Å². The Kier molecular flexibility index (Phi) is 6.23. The fraction of sp³-hybridized carbons (Fsp3) is 0.600. The maximum atomic E-state index is 5.35. The summed E-state index contributed by atoms with van der Waals surface area (Å²) in [7, 11) is 1.76. The highest BCUT2D eigenvalue weighted by molar-refractivity contribution is 5.14. The normalized spacial score (nSPS) is 11.7. The minimum atomic E-state index is -0.0561. The summed E-state index contributed by atoms with van der Waals surface area (Å²) in [4.78, 5) is 0. The molecule has 0 aromatic heterocycles. The molecule has 0 unspecified atom stereocenters. The number of hydrogen-bond acceptors (Lipinski definition) is 2. The molecule has 0 fully saturated rings. The molecule has 1 aromatic carbocycles. The first-order chi connectivity index (χ1) is 8.14. The fourth-order valence-corrected chi connectivity index (χ4v) is 1.69. The van der Waals surface area contributed by atoms with E-state index in [0.717, 1.165) is 13.1 Å². The Morgan fingerprint density at radius 3 is 2.47 bits per heavy atom.